The molecule has 0 bridgehead atoms. The van der Waals surface area contributed by atoms with Gasteiger partial charge in [-0.25, -0.2) is 4.79 Å². The van der Waals surface area contributed by atoms with Crippen LogP contribution in [0.1, 0.15) is 34.6 Å². The molecule has 0 aromatic carbocycles. The average Bonchev–Trinajstić information content (AvgIpc) is 2.28. The number of hydrogen-bond donors (Lipinski definition) is 0. The van der Waals surface area contributed by atoms with Crippen LogP contribution in [0.2, 0.25) is 0 Å². The third kappa shape index (κ3) is 5.34. The van der Waals surface area contributed by atoms with E-state index in [1.165, 1.54) is 6.08 Å². The molecular weight excluding hydrogens is 255 g/mol. The summed E-state index contributed by atoms with van der Waals surface area (Å²) in [5.41, 5.74) is 0.153. The van der Waals surface area contributed by atoms with Crippen molar-refractivity contribution in [1.29, 1.82) is 0 Å². The molecule has 0 spiro atoms. The summed E-state index contributed by atoms with van der Waals surface area (Å²) in [4.78, 5) is 11.3. The van der Waals surface area contributed by atoms with E-state index in [9.17, 15) is 9.36 Å². The highest BCUT2D eigenvalue weighted by atomic mass is 31.2. The first-order valence-electron chi connectivity index (χ1n) is 6.14. The Morgan fingerprint density at radius 1 is 1.17 bits per heavy atom. The number of carbonyl (C=O) groups excluding carboxylic acids is 1. The van der Waals surface area contributed by atoms with Crippen LogP contribution in [0.3, 0.4) is 0 Å². The minimum atomic E-state index is -3.22. The Morgan fingerprint density at radius 3 is 2.06 bits per heavy atom. The van der Waals surface area contributed by atoms with Gasteiger partial charge in [0.25, 0.3) is 0 Å². The highest BCUT2D eigenvalue weighted by Crippen LogP contribution is 2.55. The Labute approximate surface area is 109 Å². The van der Waals surface area contributed by atoms with Crippen LogP contribution in [0.25, 0.3) is 0 Å². The molecule has 0 heterocycles. The van der Waals surface area contributed by atoms with E-state index < -0.39 is 19.2 Å². The molecule has 0 aliphatic heterocycles. The lowest BCUT2D eigenvalue weighted by atomic mass is 10.2. The topological polar surface area (TPSA) is 61.8 Å². The van der Waals surface area contributed by atoms with Gasteiger partial charge in [0.05, 0.1) is 25.5 Å². The summed E-state index contributed by atoms with van der Waals surface area (Å²) in [6, 6.07) is 0. The molecule has 0 amide bonds. The first-order chi connectivity index (χ1) is 8.41. The van der Waals surface area contributed by atoms with Crippen molar-refractivity contribution in [2.75, 3.05) is 19.8 Å². The van der Waals surface area contributed by atoms with Gasteiger partial charge in [0.2, 0.25) is 0 Å². The second-order valence-corrected chi connectivity index (χ2v) is 6.06. The quantitative estimate of drug-likeness (QED) is 0.388. The largest absolute Gasteiger partial charge is 0.463 e. The Kier molecular flexibility index (Phi) is 8.16. The van der Waals surface area contributed by atoms with E-state index in [4.69, 9.17) is 13.8 Å². The Bertz CT molecular complexity index is 327. The molecule has 0 fully saturated rings. The molecule has 0 saturated carbocycles. The van der Waals surface area contributed by atoms with Crippen LogP contribution < -0.4 is 0 Å². The molecule has 0 saturated heterocycles. The van der Waals surface area contributed by atoms with E-state index in [0.29, 0.717) is 25.4 Å². The van der Waals surface area contributed by atoms with Gasteiger partial charge in [0, 0.05) is 6.08 Å². The Morgan fingerprint density at radius 2 is 1.67 bits per heavy atom. The van der Waals surface area contributed by atoms with Gasteiger partial charge >= 0.3 is 13.6 Å². The zero-order valence-electron chi connectivity index (χ0n) is 11.8. The van der Waals surface area contributed by atoms with Crippen LogP contribution >= 0.6 is 7.60 Å². The first-order valence-corrected chi connectivity index (χ1v) is 7.76. The molecule has 0 aliphatic rings. The van der Waals surface area contributed by atoms with Crippen molar-refractivity contribution in [3.63, 3.8) is 0 Å². The molecule has 1 unspecified atom stereocenters. The second kappa shape index (κ2) is 8.46. The molecule has 0 N–H and O–H groups in total. The van der Waals surface area contributed by atoms with Crippen molar-refractivity contribution in [1.82, 2.24) is 0 Å². The fraction of sp³-hybridized carbons (Fsp3) is 0.750. The predicted octanol–water partition coefficient (Wildman–Crippen LogP) is 3.15. The van der Waals surface area contributed by atoms with E-state index in [1.54, 1.807) is 34.6 Å². The number of allylic oxidation sites excluding steroid dienone is 1. The smallest absolute Gasteiger partial charge is 0.337 e. The van der Waals surface area contributed by atoms with Gasteiger partial charge in [-0.3, -0.25) is 4.57 Å². The summed E-state index contributed by atoms with van der Waals surface area (Å²) in [5, 5.41) is 0. The lowest BCUT2D eigenvalue weighted by molar-refractivity contribution is -0.137. The zero-order valence-corrected chi connectivity index (χ0v) is 12.7. The van der Waals surface area contributed by atoms with Crippen molar-refractivity contribution in [3.05, 3.63) is 11.6 Å². The summed E-state index contributed by atoms with van der Waals surface area (Å²) in [6.45, 7) is 9.58. The highest BCUT2D eigenvalue weighted by molar-refractivity contribution is 7.54. The molecule has 0 aromatic rings. The van der Waals surface area contributed by atoms with Crippen LogP contribution in [0.4, 0.5) is 0 Å². The molecule has 0 aliphatic carbocycles. The maximum absolute atomic E-state index is 12.5. The summed E-state index contributed by atoms with van der Waals surface area (Å²) in [7, 11) is -3.22. The van der Waals surface area contributed by atoms with E-state index in [-0.39, 0.29) is 0 Å². The maximum Gasteiger partial charge on any atom is 0.337 e. The van der Waals surface area contributed by atoms with Crippen molar-refractivity contribution < 1.29 is 23.1 Å². The summed E-state index contributed by atoms with van der Waals surface area (Å²) < 4.78 is 27.7. The SMILES string of the molecule is CCOC(=O)C=C(C)C(C)P(=O)(OCC)OCC. The van der Waals surface area contributed by atoms with Crippen molar-refractivity contribution in [2.24, 2.45) is 0 Å². The zero-order chi connectivity index (χ0) is 14.2. The van der Waals surface area contributed by atoms with E-state index in [2.05, 4.69) is 0 Å². The van der Waals surface area contributed by atoms with Crippen LogP contribution in [0.5, 0.6) is 0 Å². The number of hydrogen-bond acceptors (Lipinski definition) is 5. The molecular formula is C12H23O5P. The summed E-state index contributed by atoms with van der Waals surface area (Å²) in [5.74, 6) is -0.443. The normalized spacial score (nSPS) is 14.4. The molecule has 0 aromatic heterocycles. The van der Waals surface area contributed by atoms with E-state index >= 15 is 0 Å². The lowest BCUT2D eigenvalue weighted by Crippen LogP contribution is -2.13. The van der Waals surface area contributed by atoms with Crippen molar-refractivity contribution in [3.8, 4) is 0 Å². The molecule has 6 heteroatoms. The first kappa shape index (κ1) is 17.4. The average molecular weight is 278 g/mol. The molecule has 0 rings (SSSR count). The van der Waals surface area contributed by atoms with E-state index in [0.717, 1.165) is 0 Å². The number of carbonyl (C=O) groups is 1. The van der Waals surface area contributed by atoms with E-state index in [1.807, 2.05) is 0 Å². The molecule has 5 nitrogen and oxygen atoms in total. The fourth-order valence-corrected chi connectivity index (χ4v) is 3.18. The molecule has 0 radical (unpaired) electrons. The third-order valence-electron chi connectivity index (χ3n) is 2.38. The van der Waals surface area contributed by atoms with Gasteiger partial charge in [-0.2, -0.15) is 0 Å². The molecule has 106 valence electrons. The Hall–Kier alpha value is -0.640. The fourth-order valence-electron chi connectivity index (χ4n) is 1.36. The summed E-state index contributed by atoms with van der Waals surface area (Å²) >= 11 is 0. The van der Waals surface area contributed by atoms with Crippen LogP contribution in [0.15, 0.2) is 11.6 Å². The Balaban J connectivity index is 4.91. The van der Waals surface area contributed by atoms with Gasteiger partial charge in [-0.05, 0) is 34.6 Å². The van der Waals surface area contributed by atoms with Crippen LogP contribution in [-0.2, 0) is 23.1 Å². The maximum atomic E-state index is 12.5. The van der Waals surface area contributed by atoms with Gasteiger partial charge in [-0.1, -0.05) is 5.57 Å². The van der Waals surface area contributed by atoms with Crippen molar-refractivity contribution >= 4 is 13.6 Å². The monoisotopic (exact) mass is 278 g/mol. The minimum Gasteiger partial charge on any atom is -0.463 e. The lowest BCUT2D eigenvalue weighted by Gasteiger charge is -2.23. The minimum absolute atomic E-state index is 0.300. The van der Waals surface area contributed by atoms with Gasteiger partial charge in [0.15, 0.2) is 0 Å². The van der Waals surface area contributed by atoms with Crippen molar-refractivity contribution in [2.45, 2.75) is 40.3 Å². The van der Waals surface area contributed by atoms with Crippen LogP contribution in [-0.4, -0.2) is 31.4 Å². The standard InChI is InChI=1S/C12H23O5P/c1-6-15-12(13)9-10(4)11(5)18(14,16-7-2)17-8-3/h9,11H,6-8H2,1-5H3. The van der Waals surface area contributed by atoms with Crippen LogP contribution in [0, 0.1) is 0 Å². The summed E-state index contributed by atoms with van der Waals surface area (Å²) in [6.07, 6.45) is 1.33. The van der Waals surface area contributed by atoms with Gasteiger partial charge < -0.3 is 13.8 Å². The number of esters is 1. The van der Waals surface area contributed by atoms with Gasteiger partial charge in [0.1, 0.15) is 0 Å². The molecule has 1 atom stereocenters. The molecule has 18 heavy (non-hydrogen) atoms. The second-order valence-electron chi connectivity index (χ2n) is 3.69. The predicted molar refractivity (Wildman–Crippen MR) is 70.7 cm³/mol. The third-order valence-corrected chi connectivity index (χ3v) is 4.98. The van der Waals surface area contributed by atoms with Gasteiger partial charge in [-0.15, -0.1) is 0 Å². The highest BCUT2D eigenvalue weighted by Gasteiger charge is 2.33. The number of ether oxygens (including phenoxy) is 1. The number of rotatable bonds is 8.